The fraction of sp³-hybridized carbons (Fsp3) is 0.188. The third-order valence-corrected chi connectivity index (χ3v) is 8.92. The molecule has 10 heteroatoms. The van der Waals surface area contributed by atoms with Crippen molar-refractivity contribution in [2.45, 2.75) is 30.8 Å². The Hall–Kier alpha value is -3.85. The Morgan fingerprint density at radius 1 is 0.810 bits per heavy atom. The maximum absolute atomic E-state index is 14.3. The van der Waals surface area contributed by atoms with Crippen LogP contribution in [0.3, 0.4) is 0 Å². The lowest BCUT2D eigenvalue weighted by atomic mass is 10.0. The van der Waals surface area contributed by atoms with Crippen molar-refractivity contribution in [3.05, 3.63) is 130 Å². The highest BCUT2D eigenvalue weighted by atomic mass is 35.5. The van der Waals surface area contributed by atoms with E-state index in [4.69, 9.17) is 23.2 Å². The van der Waals surface area contributed by atoms with Crippen molar-refractivity contribution >= 4 is 50.7 Å². The second-order valence-corrected chi connectivity index (χ2v) is 12.2. The Morgan fingerprint density at radius 2 is 1.38 bits per heavy atom. The predicted octanol–water partition coefficient (Wildman–Crippen LogP) is 5.96. The second-order valence-electron chi connectivity index (χ2n) is 9.53. The monoisotopic (exact) mass is 623 g/mol. The lowest BCUT2D eigenvalue weighted by Crippen LogP contribution is -2.53. The van der Waals surface area contributed by atoms with Gasteiger partial charge in [-0.25, -0.2) is 8.42 Å². The van der Waals surface area contributed by atoms with Crippen molar-refractivity contribution in [3.63, 3.8) is 0 Å². The van der Waals surface area contributed by atoms with Gasteiger partial charge in [0.2, 0.25) is 11.8 Å². The van der Waals surface area contributed by atoms with E-state index in [1.54, 1.807) is 25.1 Å². The molecule has 0 aliphatic heterocycles. The number of likely N-dealkylation sites (N-methyl/N-ethyl adjacent to an activating group) is 1. The zero-order valence-electron chi connectivity index (χ0n) is 23.0. The zero-order valence-corrected chi connectivity index (χ0v) is 25.3. The Morgan fingerprint density at radius 3 is 1.95 bits per heavy atom. The summed E-state index contributed by atoms with van der Waals surface area (Å²) in [4.78, 5) is 29.2. The van der Waals surface area contributed by atoms with Crippen LogP contribution in [0.15, 0.2) is 114 Å². The molecule has 0 aromatic heterocycles. The fourth-order valence-corrected chi connectivity index (χ4v) is 6.56. The highest BCUT2D eigenvalue weighted by Crippen LogP contribution is 2.33. The molecule has 0 aliphatic rings. The Balaban J connectivity index is 1.80. The summed E-state index contributed by atoms with van der Waals surface area (Å²) in [6, 6.07) is 29.9. The minimum Gasteiger partial charge on any atom is -0.355 e. The number of rotatable bonds is 12. The summed E-state index contributed by atoms with van der Waals surface area (Å²) in [6.07, 6.45) is 0.235. The molecule has 4 rings (SSSR count). The van der Waals surface area contributed by atoms with Crippen LogP contribution in [0.1, 0.15) is 18.1 Å². The van der Waals surface area contributed by atoms with Crippen LogP contribution < -0.4 is 9.62 Å². The molecule has 0 radical (unpaired) electrons. The first-order chi connectivity index (χ1) is 20.2. The van der Waals surface area contributed by atoms with Gasteiger partial charge in [0.05, 0.1) is 15.6 Å². The van der Waals surface area contributed by atoms with Gasteiger partial charge in [-0.3, -0.25) is 13.9 Å². The maximum atomic E-state index is 14.3. The van der Waals surface area contributed by atoms with Gasteiger partial charge in [0.25, 0.3) is 10.0 Å². The second kappa shape index (κ2) is 14.4. The minimum atomic E-state index is -4.25. The fourth-order valence-electron chi connectivity index (χ4n) is 4.54. The summed E-state index contributed by atoms with van der Waals surface area (Å²) >= 11 is 12.6. The highest BCUT2D eigenvalue weighted by Gasteiger charge is 2.35. The lowest BCUT2D eigenvalue weighted by molar-refractivity contribution is -0.140. The molecule has 42 heavy (non-hydrogen) atoms. The Labute approximate surface area is 256 Å². The van der Waals surface area contributed by atoms with Gasteiger partial charge in [0.1, 0.15) is 12.6 Å². The maximum Gasteiger partial charge on any atom is 0.264 e. The standard InChI is InChI=1S/C32H31Cl2N3O4S/c1-2-35-32(39)30(20-24-12-6-3-7-13-24)36(22-25-14-8-4-9-15-25)31(38)23-37(29-19-18-26(33)21-28(29)34)42(40,41)27-16-10-5-11-17-27/h3-19,21,30H,2,20,22-23H2,1H3,(H,35,39). The van der Waals surface area contributed by atoms with Crippen LogP contribution >= 0.6 is 23.2 Å². The van der Waals surface area contributed by atoms with Crippen LogP contribution in [0.5, 0.6) is 0 Å². The van der Waals surface area contributed by atoms with E-state index in [-0.39, 0.29) is 34.5 Å². The van der Waals surface area contributed by atoms with Crippen LogP contribution in [0.25, 0.3) is 0 Å². The number of sulfonamides is 1. The van der Waals surface area contributed by atoms with Gasteiger partial charge < -0.3 is 10.2 Å². The predicted molar refractivity (Wildman–Crippen MR) is 167 cm³/mol. The van der Waals surface area contributed by atoms with Crippen molar-refractivity contribution in [1.82, 2.24) is 10.2 Å². The van der Waals surface area contributed by atoms with Gasteiger partial charge in [-0.1, -0.05) is 102 Å². The number of amides is 2. The van der Waals surface area contributed by atoms with Gasteiger partial charge in [-0.15, -0.1) is 0 Å². The van der Waals surface area contributed by atoms with Crippen molar-refractivity contribution in [1.29, 1.82) is 0 Å². The van der Waals surface area contributed by atoms with Crippen LogP contribution in [0, 0.1) is 0 Å². The van der Waals surface area contributed by atoms with E-state index in [1.165, 1.54) is 35.2 Å². The number of anilines is 1. The SMILES string of the molecule is CCNC(=O)C(Cc1ccccc1)N(Cc1ccccc1)C(=O)CN(c1ccc(Cl)cc1Cl)S(=O)(=O)c1ccccc1. The van der Waals surface area contributed by atoms with Gasteiger partial charge >= 0.3 is 0 Å². The topological polar surface area (TPSA) is 86.8 Å². The van der Waals surface area contributed by atoms with Gasteiger partial charge in [0.15, 0.2) is 0 Å². The van der Waals surface area contributed by atoms with Crippen molar-refractivity contribution in [2.24, 2.45) is 0 Å². The summed E-state index contributed by atoms with van der Waals surface area (Å²) < 4.78 is 28.9. The van der Waals surface area contributed by atoms with Crippen molar-refractivity contribution in [2.75, 3.05) is 17.4 Å². The lowest BCUT2D eigenvalue weighted by Gasteiger charge is -2.34. The van der Waals surface area contributed by atoms with Crippen LogP contribution in [-0.4, -0.2) is 44.3 Å². The van der Waals surface area contributed by atoms with Crippen molar-refractivity contribution < 1.29 is 18.0 Å². The molecule has 2 amide bonds. The quantitative estimate of drug-likeness (QED) is 0.211. The van der Waals surface area contributed by atoms with Crippen LogP contribution in [0.2, 0.25) is 10.0 Å². The number of hydrogen-bond donors (Lipinski definition) is 1. The van der Waals surface area contributed by atoms with E-state index < -0.39 is 28.5 Å². The van der Waals surface area contributed by atoms with E-state index in [9.17, 15) is 18.0 Å². The molecule has 1 unspecified atom stereocenters. The smallest absolute Gasteiger partial charge is 0.264 e. The highest BCUT2D eigenvalue weighted by molar-refractivity contribution is 7.92. The number of hydrogen-bond acceptors (Lipinski definition) is 4. The normalized spacial score (nSPS) is 11.9. The van der Waals surface area contributed by atoms with Gasteiger partial charge in [-0.05, 0) is 48.4 Å². The average molecular weight is 625 g/mol. The number of benzene rings is 4. The number of nitrogens with zero attached hydrogens (tertiary/aromatic N) is 2. The molecule has 0 saturated carbocycles. The van der Waals surface area contributed by atoms with E-state index >= 15 is 0 Å². The van der Waals surface area contributed by atoms with E-state index in [0.717, 1.165) is 15.4 Å². The average Bonchev–Trinajstić information content (AvgIpc) is 2.99. The summed E-state index contributed by atoms with van der Waals surface area (Å²) in [7, 11) is -4.25. The van der Waals surface area contributed by atoms with E-state index in [0.29, 0.717) is 11.6 Å². The summed E-state index contributed by atoms with van der Waals surface area (Å²) in [5.41, 5.74) is 1.74. The number of carbonyl (C=O) groups is 2. The molecule has 0 heterocycles. The first-order valence-corrected chi connectivity index (χ1v) is 15.6. The van der Waals surface area contributed by atoms with E-state index in [2.05, 4.69) is 5.32 Å². The Bertz CT molecular complexity index is 1610. The molecule has 4 aromatic carbocycles. The molecule has 0 fully saturated rings. The first-order valence-electron chi connectivity index (χ1n) is 13.4. The molecular formula is C32H31Cl2N3O4S. The van der Waals surface area contributed by atoms with E-state index in [1.807, 2.05) is 60.7 Å². The Kier molecular flexibility index (Phi) is 10.6. The molecular weight excluding hydrogens is 593 g/mol. The number of nitrogens with one attached hydrogen (secondary N) is 1. The molecule has 7 nitrogen and oxygen atoms in total. The minimum absolute atomic E-state index is 0.0111. The summed E-state index contributed by atoms with van der Waals surface area (Å²) in [5, 5.41) is 3.22. The molecule has 1 atom stereocenters. The molecule has 0 saturated heterocycles. The molecule has 0 bridgehead atoms. The largest absolute Gasteiger partial charge is 0.355 e. The summed E-state index contributed by atoms with van der Waals surface area (Å²) in [5.74, 6) is -0.913. The third-order valence-electron chi connectivity index (χ3n) is 6.61. The molecule has 0 aliphatic carbocycles. The number of carbonyl (C=O) groups excluding carboxylic acids is 2. The third kappa shape index (κ3) is 7.70. The zero-order chi connectivity index (χ0) is 30.1. The van der Waals surface area contributed by atoms with Crippen molar-refractivity contribution in [3.8, 4) is 0 Å². The molecule has 4 aromatic rings. The van der Waals surface area contributed by atoms with Gasteiger partial charge in [-0.2, -0.15) is 0 Å². The molecule has 0 spiro atoms. The molecule has 218 valence electrons. The van der Waals surface area contributed by atoms with Gasteiger partial charge in [0, 0.05) is 24.5 Å². The van der Waals surface area contributed by atoms with Crippen LogP contribution in [0.4, 0.5) is 5.69 Å². The number of halogens is 2. The molecule has 1 N–H and O–H groups in total. The summed E-state index contributed by atoms with van der Waals surface area (Å²) in [6.45, 7) is 1.65. The van der Waals surface area contributed by atoms with Crippen LogP contribution in [-0.2, 0) is 32.6 Å². The first kappa shape index (κ1) is 31.1.